The van der Waals surface area contributed by atoms with Gasteiger partial charge in [-0.05, 0) is 28.4 Å². The third kappa shape index (κ3) is 9.72. The molecule has 0 aliphatic carbocycles. The molecular formula is C21H40. The molecule has 0 spiro atoms. The standard InChI is InChI=1S/C15H24.2C3H8/c1-7-15(5,6)13-10-8-12(9-11-13)14(2,3)4;2*1-3-2/h8-11H,7H2,1-6H3;2*3H2,1-2H3. The molecule has 1 rings (SSSR count). The summed E-state index contributed by atoms with van der Waals surface area (Å²) in [6.07, 6.45) is 3.68. The minimum Gasteiger partial charge on any atom is -0.0656 e. The summed E-state index contributed by atoms with van der Waals surface area (Å²) in [6, 6.07) is 9.10. The lowest BCUT2D eigenvalue weighted by Gasteiger charge is -2.25. The smallest absolute Gasteiger partial charge is 0.0106 e. The zero-order chi connectivity index (χ0) is 17.1. The third-order valence-corrected chi connectivity index (χ3v) is 3.42. The molecule has 0 atom stereocenters. The molecule has 1 aromatic rings. The van der Waals surface area contributed by atoms with Crippen molar-refractivity contribution in [2.75, 3.05) is 0 Å². The second-order valence-electron chi connectivity index (χ2n) is 7.48. The molecule has 0 heteroatoms. The Morgan fingerprint density at radius 3 is 1.14 bits per heavy atom. The van der Waals surface area contributed by atoms with Gasteiger partial charge in [-0.1, -0.05) is 106 Å². The molecule has 0 nitrogen and oxygen atoms in total. The Labute approximate surface area is 135 Å². The Kier molecular flexibility index (Phi) is 11.7. The first-order chi connectivity index (χ1) is 9.60. The van der Waals surface area contributed by atoms with Crippen LogP contribution in [0.3, 0.4) is 0 Å². The first kappa shape index (κ1) is 22.5. The highest BCUT2D eigenvalue weighted by Gasteiger charge is 2.19. The lowest BCUT2D eigenvalue weighted by molar-refractivity contribution is 0.505. The predicted molar refractivity (Wildman–Crippen MR) is 100 cm³/mol. The summed E-state index contributed by atoms with van der Waals surface area (Å²) < 4.78 is 0. The highest BCUT2D eigenvalue weighted by atomic mass is 14.2. The third-order valence-electron chi connectivity index (χ3n) is 3.42. The van der Waals surface area contributed by atoms with Crippen molar-refractivity contribution in [3.8, 4) is 0 Å². The summed E-state index contributed by atoms with van der Waals surface area (Å²) in [5.41, 5.74) is 3.42. The maximum atomic E-state index is 2.30. The number of hydrogen-bond donors (Lipinski definition) is 0. The molecule has 0 aromatic heterocycles. The average molecular weight is 293 g/mol. The molecule has 0 unspecified atom stereocenters. The summed E-state index contributed by atoms with van der Waals surface area (Å²) >= 11 is 0. The van der Waals surface area contributed by atoms with Crippen LogP contribution in [0, 0.1) is 0 Å². The largest absolute Gasteiger partial charge is 0.0656 e. The van der Waals surface area contributed by atoms with E-state index in [1.54, 1.807) is 0 Å². The van der Waals surface area contributed by atoms with E-state index in [0.717, 1.165) is 0 Å². The molecule has 0 saturated carbocycles. The molecule has 0 aliphatic heterocycles. The molecule has 0 radical (unpaired) electrons. The molecule has 0 heterocycles. The molecule has 0 fully saturated rings. The molecule has 0 N–H and O–H groups in total. The fraction of sp³-hybridized carbons (Fsp3) is 0.714. The van der Waals surface area contributed by atoms with Crippen LogP contribution >= 0.6 is 0 Å². The van der Waals surface area contributed by atoms with Crippen molar-refractivity contribution < 1.29 is 0 Å². The second-order valence-corrected chi connectivity index (χ2v) is 7.48. The van der Waals surface area contributed by atoms with Gasteiger partial charge in [-0.2, -0.15) is 0 Å². The lowest BCUT2D eigenvalue weighted by atomic mass is 9.80. The summed E-state index contributed by atoms with van der Waals surface area (Å²) in [5, 5.41) is 0. The monoisotopic (exact) mass is 292 g/mol. The van der Waals surface area contributed by atoms with E-state index in [1.807, 2.05) is 0 Å². The Morgan fingerprint density at radius 2 is 0.905 bits per heavy atom. The van der Waals surface area contributed by atoms with Crippen molar-refractivity contribution in [2.24, 2.45) is 0 Å². The molecule has 0 saturated heterocycles. The predicted octanol–water partition coefficient (Wildman–Crippen LogP) is 7.50. The van der Waals surface area contributed by atoms with Crippen molar-refractivity contribution in [3.63, 3.8) is 0 Å². The van der Waals surface area contributed by atoms with Gasteiger partial charge in [0.25, 0.3) is 0 Å². The minimum absolute atomic E-state index is 0.259. The Morgan fingerprint density at radius 1 is 0.619 bits per heavy atom. The van der Waals surface area contributed by atoms with E-state index >= 15 is 0 Å². The number of benzene rings is 1. The van der Waals surface area contributed by atoms with Crippen LogP contribution in [-0.2, 0) is 10.8 Å². The SMILES string of the molecule is CCC.CCC.CCC(C)(C)c1ccc(C(C)(C)C)cc1. The zero-order valence-electron chi connectivity index (χ0n) is 16.4. The van der Waals surface area contributed by atoms with Crippen molar-refractivity contribution >= 4 is 0 Å². The number of hydrogen-bond acceptors (Lipinski definition) is 0. The lowest BCUT2D eigenvalue weighted by Crippen LogP contribution is -2.16. The van der Waals surface area contributed by atoms with Gasteiger partial charge in [-0.3, -0.25) is 0 Å². The van der Waals surface area contributed by atoms with E-state index in [9.17, 15) is 0 Å². The van der Waals surface area contributed by atoms with Gasteiger partial charge in [0, 0.05) is 0 Å². The van der Waals surface area contributed by atoms with E-state index in [4.69, 9.17) is 0 Å². The normalized spacial score (nSPS) is 11.0. The Bertz CT molecular complexity index is 333. The van der Waals surface area contributed by atoms with E-state index < -0.39 is 0 Å². The van der Waals surface area contributed by atoms with E-state index in [0.29, 0.717) is 5.41 Å². The molecule has 0 bridgehead atoms. The molecule has 0 aliphatic rings. The maximum Gasteiger partial charge on any atom is -0.0106 e. The summed E-state index contributed by atoms with van der Waals surface area (Å²) in [7, 11) is 0. The van der Waals surface area contributed by atoms with Gasteiger partial charge in [0.15, 0.2) is 0 Å². The molecule has 124 valence electrons. The van der Waals surface area contributed by atoms with Crippen LogP contribution in [0.1, 0.15) is 99.6 Å². The van der Waals surface area contributed by atoms with Crippen molar-refractivity contribution in [3.05, 3.63) is 35.4 Å². The van der Waals surface area contributed by atoms with Crippen LogP contribution in [0.2, 0.25) is 0 Å². The Balaban J connectivity index is 0. The van der Waals surface area contributed by atoms with Crippen LogP contribution < -0.4 is 0 Å². The van der Waals surface area contributed by atoms with E-state index in [1.165, 1.54) is 30.4 Å². The van der Waals surface area contributed by atoms with Gasteiger partial charge < -0.3 is 0 Å². The van der Waals surface area contributed by atoms with Crippen molar-refractivity contribution in [1.82, 2.24) is 0 Å². The summed E-state index contributed by atoms with van der Waals surface area (Å²) in [4.78, 5) is 0. The number of rotatable bonds is 2. The highest BCUT2D eigenvalue weighted by molar-refractivity contribution is 5.31. The van der Waals surface area contributed by atoms with Gasteiger partial charge in [0.05, 0.1) is 0 Å². The van der Waals surface area contributed by atoms with Crippen molar-refractivity contribution in [1.29, 1.82) is 0 Å². The molecule has 1 aromatic carbocycles. The van der Waals surface area contributed by atoms with Gasteiger partial charge in [0.2, 0.25) is 0 Å². The highest BCUT2D eigenvalue weighted by Crippen LogP contribution is 2.29. The first-order valence-electron chi connectivity index (χ1n) is 8.71. The van der Waals surface area contributed by atoms with E-state index in [-0.39, 0.29) is 5.41 Å². The van der Waals surface area contributed by atoms with Gasteiger partial charge >= 0.3 is 0 Å². The van der Waals surface area contributed by atoms with Crippen LogP contribution in [0.15, 0.2) is 24.3 Å². The topological polar surface area (TPSA) is 0 Å². The van der Waals surface area contributed by atoms with Crippen molar-refractivity contribution in [2.45, 2.75) is 99.3 Å². The summed E-state index contributed by atoms with van der Waals surface area (Å²) in [6.45, 7) is 22.1. The van der Waals surface area contributed by atoms with Crippen LogP contribution in [-0.4, -0.2) is 0 Å². The zero-order valence-corrected chi connectivity index (χ0v) is 16.4. The Hall–Kier alpha value is -0.780. The maximum absolute atomic E-state index is 2.30. The van der Waals surface area contributed by atoms with Crippen LogP contribution in [0.25, 0.3) is 0 Å². The summed E-state index contributed by atoms with van der Waals surface area (Å²) in [5.74, 6) is 0. The average Bonchev–Trinajstić information content (AvgIpc) is 2.40. The fourth-order valence-corrected chi connectivity index (χ4v) is 1.63. The van der Waals surface area contributed by atoms with E-state index in [2.05, 4.69) is 93.5 Å². The van der Waals surface area contributed by atoms with Gasteiger partial charge in [0.1, 0.15) is 0 Å². The minimum atomic E-state index is 0.259. The molecule has 21 heavy (non-hydrogen) atoms. The van der Waals surface area contributed by atoms with Crippen LogP contribution in [0.4, 0.5) is 0 Å². The molecular weight excluding hydrogens is 252 g/mol. The fourth-order valence-electron chi connectivity index (χ4n) is 1.63. The quantitative estimate of drug-likeness (QED) is 0.529. The molecule has 0 amide bonds. The van der Waals surface area contributed by atoms with Crippen LogP contribution in [0.5, 0.6) is 0 Å². The van der Waals surface area contributed by atoms with Gasteiger partial charge in [-0.25, -0.2) is 0 Å². The first-order valence-corrected chi connectivity index (χ1v) is 8.71. The second kappa shape index (κ2) is 10.9. The van der Waals surface area contributed by atoms with Gasteiger partial charge in [-0.15, -0.1) is 0 Å².